The molecule has 1 aromatic carbocycles. The number of hydrogen-bond acceptors (Lipinski definition) is 2. The van der Waals surface area contributed by atoms with Crippen LogP contribution in [0.15, 0.2) is 29.2 Å². The summed E-state index contributed by atoms with van der Waals surface area (Å²) in [7, 11) is -4.12. The van der Waals surface area contributed by atoms with Gasteiger partial charge in [0.05, 0.1) is 4.90 Å². The zero-order valence-corrected chi connectivity index (χ0v) is 33.0. The molecular weight excluding hydrogens is 609 g/mol. The Labute approximate surface area is 301 Å². The molecule has 1 rings (SSSR count). The van der Waals surface area contributed by atoms with Crippen molar-refractivity contribution >= 4 is 10.1 Å². The van der Waals surface area contributed by atoms with Gasteiger partial charge < -0.3 is 0 Å². The van der Waals surface area contributed by atoms with E-state index in [0.29, 0.717) is 0 Å². The standard InChI is InChI=1S/C44H82O3S/c1-2-3-4-5-6-7-8-9-10-11-12-13-14-15-16-17-18-19-20-21-22-23-24-25-26-27-28-29-30-31-32-33-34-35-36-37-40-43-41-38-39-42-44(43)48(45,46)47/h38-39,41-42H,2-37,40H2,1H3,(H,45,46,47). The summed E-state index contributed by atoms with van der Waals surface area (Å²) in [5, 5.41) is 0. The minimum atomic E-state index is -4.12. The van der Waals surface area contributed by atoms with Crippen LogP contribution in [0.5, 0.6) is 0 Å². The maximum atomic E-state index is 11.5. The topological polar surface area (TPSA) is 54.4 Å². The molecular formula is C44H82O3S. The van der Waals surface area contributed by atoms with Gasteiger partial charge in [0.1, 0.15) is 0 Å². The average molecular weight is 691 g/mol. The van der Waals surface area contributed by atoms with Crippen LogP contribution in [0.3, 0.4) is 0 Å². The maximum Gasteiger partial charge on any atom is 0.294 e. The molecule has 0 aliphatic heterocycles. The predicted molar refractivity (Wildman–Crippen MR) is 212 cm³/mol. The molecule has 0 aliphatic rings. The van der Waals surface area contributed by atoms with Crippen LogP contribution in [0.25, 0.3) is 0 Å². The number of hydrogen-bond donors (Lipinski definition) is 1. The summed E-state index contributed by atoms with van der Waals surface area (Å²) in [6.45, 7) is 2.30. The van der Waals surface area contributed by atoms with Gasteiger partial charge in [-0.05, 0) is 24.5 Å². The minimum absolute atomic E-state index is 0.0707. The van der Waals surface area contributed by atoms with E-state index in [2.05, 4.69) is 6.92 Å². The van der Waals surface area contributed by atoms with Crippen molar-refractivity contribution in [2.24, 2.45) is 0 Å². The zero-order chi connectivity index (χ0) is 34.6. The van der Waals surface area contributed by atoms with Crippen molar-refractivity contribution in [2.75, 3.05) is 0 Å². The summed E-state index contributed by atoms with van der Waals surface area (Å²) < 4.78 is 32.4. The molecule has 0 spiro atoms. The highest BCUT2D eigenvalue weighted by Crippen LogP contribution is 2.20. The summed E-state index contributed by atoms with van der Waals surface area (Å²) in [6, 6.07) is 6.81. The smallest absolute Gasteiger partial charge is 0.282 e. The molecule has 1 N–H and O–H groups in total. The summed E-state index contributed by atoms with van der Waals surface area (Å²) in [6.07, 6.45) is 51.6. The molecule has 0 unspecified atom stereocenters. The molecule has 282 valence electrons. The third-order valence-corrected chi connectivity index (χ3v) is 11.5. The summed E-state index contributed by atoms with van der Waals surface area (Å²) in [5.41, 5.74) is 0.737. The van der Waals surface area contributed by atoms with Gasteiger partial charge in [0.25, 0.3) is 10.1 Å². The van der Waals surface area contributed by atoms with Crippen molar-refractivity contribution in [1.82, 2.24) is 0 Å². The van der Waals surface area contributed by atoms with E-state index in [1.54, 1.807) is 6.07 Å². The summed E-state index contributed by atoms with van der Waals surface area (Å²) in [5.74, 6) is 0. The fourth-order valence-electron chi connectivity index (χ4n) is 7.36. The Kier molecular flexibility index (Phi) is 32.5. The molecule has 0 atom stereocenters. The molecule has 0 aliphatic carbocycles. The van der Waals surface area contributed by atoms with E-state index in [4.69, 9.17) is 0 Å². The second-order valence-corrected chi connectivity index (χ2v) is 16.6. The van der Waals surface area contributed by atoms with Crippen molar-refractivity contribution in [2.45, 2.75) is 249 Å². The van der Waals surface area contributed by atoms with Crippen LogP contribution in [0.1, 0.15) is 244 Å². The predicted octanol–water partition coefficient (Wildman–Crippen LogP) is 15.5. The van der Waals surface area contributed by atoms with Crippen molar-refractivity contribution in [3.63, 3.8) is 0 Å². The maximum absolute atomic E-state index is 11.5. The van der Waals surface area contributed by atoms with Crippen LogP contribution in [0.4, 0.5) is 0 Å². The van der Waals surface area contributed by atoms with E-state index in [1.807, 2.05) is 12.1 Å². The van der Waals surface area contributed by atoms with Crippen molar-refractivity contribution in [3.8, 4) is 0 Å². The molecule has 0 bridgehead atoms. The van der Waals surface area contributed by atoms with Gasteiger partial charge >= 0.3 is 0 Å². The Bertz CT molecular complexity index is 896. The van der Waals surface area contributed by atoms with E-state index in [1.165, 1.54) is 224 Å². The quantitative estimate of drug-likeness (QED) is 0.0555. The minimum Gasteiger partial charge on any atom is -0.282 e. The van der Waals surface area contributed by atoms with Gasteiger partial charge in [-0.15, -0.1) is 0 Å². The molecule has 4 heteroatoms. The van der Waals surface area contributed by atoms with Crippen molar-refractivity contribution in [3.05, 3.63) is 29.8 Å². The Morgan fingerprint density at radius 3 is 0.854 bits per heavy atom. The number of unbranched alkanes of at least 4 members (excludes halogenated alkanes) is 35. The van der Waals surface area contributed by atoms with Gasteiger partial charge in [-0.25, -0.2) is 0 Å². The lowest BCUT2D eigenvalue weighted by Crippen LogP contribution is -2.03. The first kappa shape index (κ1) is 45.2. The van der Waals surface area contributed by atoms with Crippen LogP contribution >= 0.6 is 0 Å². The SMILES string of the molecule is CCCCCCCCCCCCCCCCCCCCCCCCCCCCCCCCCCCCCCc1ccccc1S(=O)(=O)O. The van der Waals surface area contributed by atoms with Gasteiger partial charge in [-0.2, -0.15) is 8.42 Å². The largest absolute Gasteiger partial charge is 0.294 e. The third kappa shape index (κ3) is 30.0. The monoisotopic (exact) mass is 691 g/mol. The highest BCUT2D eigenvalue weighted by molar-refractivity contribution is 7.85. The Hall–Kier alpha value is -0.870. The number of aryl methyl sites for hydroxylation is 1. The highest BCUT2D eigenvalue weighted by atomic mass is 32.2. The fourth-order valence-corrected chi connectivity index (χ4v) is 8.11. The molecule has 3 nitrogen and oxygen atoms in total. The first-order valence-electron chi connectivity index (χ1n) is 21.6. The fraction of sp³-hybridized carbons (Fsp3) is 0.864. The molecule has 0 heterocycles. The lowest BCUT2D eigenvalue weighted by molar-refractivity contribution is 0.481. The van der Waals surface area contributed by atoms with Crippen LogP contribution < -0.4 is 0 Å². The van der Waals surface area contributed by atoms with E-state index >= 15 is 0 Å². The van der Waals surface area contributed by atoms with Crippen LogP contribution in [-0.2, 0) is 16.5 Å². The molecule has 0 saturated carbocycles. The van der Waals surface area contributed by atoms with Gasteiger partial charge in [0.2, 0.25) is 0 Å². The Morgan fingerprint density at radius 1 is 0.375 bits per heavy atom. The summed E-state index contributed by atoms with van der Waals surface area (Å²) in [4.78, 5) is 0.0707. The molecule has 1 aromatic rings. The van der Waals surface area contributed by atoms with Crippen LogP contribution in [0, 0.1) is 0 Å². The highest BCUT2D eigenvalue weighted by Gasteiger charge is 2.13. The Morgan fingerprint density at radius 2 is 0.604 bits per heavy atom. The number of benzene rings is 1. The molecule has 0 aromatic heterocycles. The van der Waals surface area contributed by atoms with E-state index in [9.17, 15) is 13.0 Å². The first-order chi connectivity index (χ1) is 23.6. The summed E-state index contributed by atoms with van der Waals surface area (Å²) >= 11 is 0. The van der Waals surface area contributed by atoms with E-state index in [-0.39, 0.29) is 4.90 Å². The third-order valence-electron chi connectivity index (χ3n) is 10.6. The average Bonchev–Trinajstić information content (AvgIpc) is 3.08. The molecule has 0 amide bonds. The van der Waals surface area contributed by atoms with Gasteiger partial charge in [-0.1, -0.05) is 250 Å². The van der Waals surface area contributed by atoms with Gasteiger partial charge in [0.15, 0.2) is 0 Å². The molecule has 0 fully saturated rings. The molecule has 0 saturated heterocycles. The zero-order valence-electron chi connectivity index (χ0n) is 32.1. The van der Waals surface area contributed by atoms with Crippen molar-refractivity contribution < 1.29 is 13.0 Å². The molecule has 48 heavy (non-hydrogen) atoms. The number of rotatable bonds is 38. The van der Waals surface area contributed by atoms with Crippen LogP contribution in [-0.4, -0.2) is 13.0 Å². The van der Waals surface area contributed by atoms with Gasteiger partial charge in [-0.3, -0.25) is 4.55 Å². The van der Waals surface area contributed by atoms with E-state index < -0.39 is 10.1 Å². The lowest BCUT2D eigenvalue weighted by atomic mass is 10.0. The first-order valence-corrected chi connectivity index (χ1v) is 23.0. The van der Waals surface area contributed by atoms with Gasteiger partial charge in [0, 0.05) is 0 Å². The molecule has 0 radical (unpaired) electrons. The van der Waals surface area contributed by atoms with Crippen molar-refractivity contribution in [1.29, 1.82) is 0 Å². The van der Waals surface area contributed by atoms with Crippen LogP contribution in [0.2, 0.25) is 0 Å². The Balaban J connectivity index is 1.68. The second-order valence-electron chi connectivity index (χ2n) is 15.2. The normalized spacial score (nSPS) is 11.9. The van der Waals surface area contributed by atoms with E-state index in [0.717, 1.165) is 24.8 Å². The lowest BCUT2D eigenvalue weighted by Gasteiger charge is -2.07. The second kappa shape index (κ2) is 34.6.